The Morgan fingerprint density at radius 2 is 1.76 bits per heavy atom. The first-order valence-corrected chi connectivity index (χ1v) is 8.55. The molecule has 0 fully saturated rings. The highest BCUT2D eigenvalue weighted by atomic mass is 79.9. The molecule has 2 aromatic rings. The van der Waals surface area contributed by atoms with Crippen molar-refractivity contribution in [2.45, 2.75) is 20.8 Å². The van der Waals surface area contributed by atoms with Gasteiger partial charge in [-0.25, -0.2) is 0 Å². The van der Waals surface area contributed by atoms with E-state index in [0.717, 1.165) is 33.9 Å². The smallest absolute Gasteiger partial charge is 0.222 e. The van der Waals surface area contributed by atoms with Crippen molar-refractivity contribution in [1.82, 2.24) is 0 Å². The van der Waals surface area contributed by atoms with Gasteiger partial charge in [0.1, 0.15) is 4.47 Å². The molecule has 0 N–H and O–H groups in total. The van der Waals surface area contributed by atoms with Crippen LogP contribution in [0.3, 0.4) is 0 Å². The van der Waals surface area contributed by atoms with Crippen LogP contribution in [0.1, 0.15) is 19.5 Å². The van der Waals surface area contributed by atoms with Crippen LogP contribution in [0.15, 0.2) is 39.0 Å². The minimum absolute atomic E-state index is 0.867. The van der Waals surface area contributed by atoms with Gasteiger partial charge in [0.15, 0.2) is 18.6 Å². The molecule has 1 aromatic carbocycles. The van der Waals surface area contributed by atoms with Gasteiger partial charge in [-0.3, -0.25) is 0 Å². The van der Waals surface area contributed by atoms with Crippen LogP contribution in [0.4, 0.5) is 16.4 Å². The maximum atomic E-state index is 4.33. The highest BCUT2D eigenvalue weighted by Gasteiger charge is 2.17. The Morgan fingerprint density at radius 3 is 2.24 bits per heavy atom. The minimum atomic E-state index is 0.867. The molecular formula is C15H20BrN4S+. The summed E-state index contributed by atoms with van der Waals surface area (Å²) in [7, 11) is 2.02. The zero-order valence-electron chi connectivity index (χ0n) is 12.8. The lowest BCUT2D eigenvalue weighted by atomic mass is 10.2. The predicted molar refractivity (Wildman–Crippen MR) is 92.1 cm³/mol. The van der Waals surface area contributed by atoms with Gasteiger partial charge in [0.25, 0.3) is 0 Å². The van der Waals surface area contributed by atoms with E-state index in [4.69, 9.17) is 0 Å². The van der Waals surface area contributed by atoms with E-state index in [0.29, 0.717) is 0 Å². The monoisotopic (exact) mass is 367 g/mol. The lowest BCUT2D eigenvalue weighted by Crippen LogP contribution is -2.24. The standard InChI is InChI=1S/C15H20BrN4S/c1-5-20(6-2)13-9-7-12(8-10-13)17-18-15-14(16)11(3)19(4)21-15/h7-10H,5-6H2,1-4H3/q+1. The van der Waals surface area contributed by atoms with Crippen LogP contribution in [0.5, 0.6) is 0 Å². The summed E-state index contributed by atoms with van der Waals surface area (Å²) < 4.78 is 3.08. The number of nitrogens with zero attached hydrogens (tertiary/aromatic N) is 4. The van der Waals surface area contributed by atoms with Gasteiger partial charge >= 0.3 is 0 Å². The molecule has 0 aliphatic carbocycles. The molecule has 0 saturated carbocycles. The van der Waals surface area contributed by atoms with Crippen molar-refractivity contribution in [1.29, 1.82) is 0 Å². The fourth-order valence-electron chi connectivity index (χ4n) is 2.02. The molecule has 0 aliphatic heterocycles. The average Bonchev–Trinajstić information content (AvgIpc) is 2.75. The number of halogens is 1. The van der Waals surface area contributed by atoms with E-state index in [1.807, 2.05) is 19.2 Å². The maximum absolute atomic E-state index is 4.33. The molecule has 0 bridgehead atoms. The number of aromatic nitrogens is 1. The summed E-state index contributed by atoms with van der Waals surface area (Å²) in [6.07, 6.45) is 0. The molecule has 0 atom stereocenters. The van der Waals surface area contributed by atoms with Crippen molar-refractivity contribution in [3.8, 4) is 0 Å². The number of benzene rings is 1. The molecule has 0 saturated heterocycles. The number of hydrogen-bond donors (Lipinski definition) is 0. The van der Waals surface area contributed by atoms with Gasteiger partial charge < -0.3 is 4.90 Å². The lowest BCUT2D eigenvalue weighted by Gasteiger charge is -2.20. The van der Waals surface area contributed by atoms with Crippen LogP contribution in [0.25, 0.3) is 0 Å². The molecule has 0 radical (unpaired) electrons. The van der Waals surface area contributed by atoms with Gasteiger partial charge in [-0.1, -0.05) is 0 Å². The van der Waals surface area contributed by atoms with Gasteiger partial charge in [0.2, 0.25) is 10.7 Å². The lowest BCUT2D eigenvalue weighted by molar-refractivity contribution is -0.607. The van der Waals surface area contributed by atoms with Crippen LogP contribution < -0.4 is 8.86 Å². The van der Waals surface area contributed by atoms with E-state index in [2.05, 4.69) is 67.9 Å². The first-order valence-electron chi connectivity index (χ1n) is 6.99. The molecule has 6 heteroatoms. The number of aryl methyl sites for hydroxylation is 1. The van der Waals surface area contributed by atoms with Gasteiger partial charge in [-0.05, 0) is 54.0 Å². The Labute approximate surface area is 138 Å². The Balaban J connectivity index is 2.16. The van der Waals surface area contributed by atoms with Crippen LogP contribution in [-0.4, -0.2) is 13.1 Å². The summed E-state index contributed by atoms with van der Waals surface area (Å²) in [5, 5.41) is 9.54. The van der Waals surface area contributed by atoms with E-state index >= 15 is 0 Å². The van der Waals surface area contributed by atoms with E-state index in [1.165, 1.54) is 5.69 Å². The second-order valence-electron chi connectivity index (χ2n) is 4.68. The normalized spacial score (nSPS) is 11.3. The summed E-state index contributed by atoms with van der Waals surface area (Å²) in [5.41, 5.74) is 3.25. The second kappa shape index (κ2) is 7.13. The molecular weight excluding hydrogens is 348 g/mol. The van der Waals surface area contributed by atoms with Gasteiger partial charge in [-0.2, -0.15) is 0 Å². The summed E-state index contributed by atoms with van der Waals surface area (Å²) >= 11 is 5.13. The highest BCUT2D eigenvalue weighted by molar-refractivity contribution is 9.10. The molecule has 1 heterocycles. The molecule has 4 nitrogen and oxygen atoms in total. The highest BCUT2D eigenvalue weighted by Crippen LogP contribution is 2.32. The van der Waals surface area contributed by atoms with Crippen molar-refractivity contribution < 1.29 is 3.96 Å². The van der Waals surface area contributed by atoms with E-state index in [-0.39, 0.29) is 0 Å². The third-order valence-corrected chi connectivity index (χ3v) is 5.65. The number of anilines is 1. The number of azo groups is 1. The summed E-state index contributed by atoms with van der Waals surface area (Å²) in [6, 6.07) is 8.20. The molecule has 0 aliphatic rings. The molecule has 1 aromatic heterocycles. The zero-order valence-corrected chi connectivity index (χ0v) is 15.2. The zero-order chi connectivity index (χ0) is 15.4. The summed E-state index contributed by atoms with van der Waals surface area (Å²) in [4.78, 5) is 2.31. The van der Waals surface area contributed by atoms with Crippen molar-refractivity contribution in [3.05, 3.63) is 34.4 Å². The molecule has 0 unspecified atom stereocenters. The van der Waals surface area contributed by atoms with Crippen LogP contribution in [0.2, 0.25) is 0 Å². The van der Waals surface area contributed by atoms with Crippen molar-refractivity contribution >= 4 is 43.8 Å². The van der Waals surface area contributed by atoms with E-state index in [1.54, 1.807) is 11.5 Å². The summed E-state index contributed by atoms with van der Waals surface area (Å²) in [5.74, 6) is 0. The first-order chi connectivity index (χ1) is 10.1. The predicted octanol–water partition coefficient (Wildman–Crippen LogP) is 4.91. The molecule has 0 amide bonds. The van der Waals surface area contributed by atoms with Crippen LogP contribution >= 0.6 is 27.5 Å². The second-order valence-corrected chi connectivity index (χ2v) is 6.59. The van der Waals surface area contributed by atoms with Gasteiger partial charge in [-0.15, -0.1) is 14.2 Å². The maximum Gasteiger partial charge on any atom is 0.222 e. The fraction of sp³-hybridized carbons (Fsp3) is 0.400. The van der Waals surface area contributed by atoms with Crippen molar-refractivity contribution in [3.63, 3.8) is 0 Å². The van der Waals surface area contributed by atoms with Crippen LogP contribution in [-0.2, 0) is 7.05 Å². The molecule has 21 heavy (non-hydrogen) atoms. The Hall–Kier alpha value is -1.27. The molecule has 112 valence electrons. The number of rotatable bonds is 5. The largest absolute Gasteiger partial charge is 0.372 e. The van der Waals surface area contributed by atoms with Crippen LogP contribution in [0, 0.1) is 6.92 Å². The molecule has 2 rings (SSSR count). The van der Waals surface area contributed by atoms with Gasteiger partial charge in [0.05, 0.1) is 5.69 Å². The first kappa shape index (κ1) is 16.1. The third kappa shape index (κ3) is 3.68. The fourth-order valence-corrected chi connectivity index (χ4v) is 3.49. The van der Waals surface area contributed by atoms with Gasteiger partial charge in [0, 0.05) is 25.7 Å². The topological polar surface area (TPSA) is 31.8 Å². The minimum Gasteiger partial charge on any atom is -0.372 e. The van der Waals surface area contributed by atoms with Crippen molar-refractivity contribution in [2.24, 2.45) is 17.3 Å². The average molecular weight is 368 g/mol. The molecule has 0 spiro atoms. The van der Waals surface area contributed by atoms with E-state index < -0.39 is 0 Å². The van der Waals surface area contributed by atoms with Crippen molar-refractivity contribution in [2.75, 3.05) is 18.0 Å². The summed E-state index contributed by atoms with van der Waals surface area (Å²) in [6.45, 7) is 8.39. The Kier molecular flexibility index (Phi) is 5.47. The number of hydrogen-bond acceptors (Lipinski definition) is 4. The third-order valence-electron chi connectivity index (χ3n) is 3.44. The SMILES string of the molecule is CCN(CC)c1ccc(N=Nc2s[n+](C)c(C)c2Br)cc1. The Morgan fingerprint density at radius 1 is 1.14 bits per heavy atom. The Bertz CT molecular complexity index is 630. The van der Waals surface area contributed by atoms with E-state index in [9.17, 15) is 0 Å². The quantitative estimate of drug-likeness (QED) is 0.545.